The molecule has 4 aromatic rings. The van der Waals surface area contributed by atoms with Gasteiger partial charge in [0.15, 0.2) is 5.82 Å². The fourth-order valence-corrected chi connectivity index (χ4v) is 5.25. The van der Waals surface area contributed by atoms with Gasteiger partial charge in [0.05, 0.1) is 40.6 Å². The van der Waals surface area contributed by atoms with Crippen LogP contribution in [0.15, 0.2) is 36.9 Å². The number of rotatable bonds is 7. The molecule has 0 aliphatic heterocycles. The molecule has 4 heterocycles. The van der Waals surface area contributed by atoms with Crippen molar-refractivity contribution in [2.24, 2.45) is 0 Å². The van der Waals surface area contributed by atoms with E-state index < -0.39 is 10.0 Å². The van der Waals surface area contributed by atoms with Crippen LogP contribution in [0.1, 0.15) is 49.9 Å². The van der Waals surface area contributed by atoms with Crippen molar-refractivity contribution < 1.29 is 13.5 Å². The lowest BCUT2D eigenvalue weighted by Gasteiger charge is -2.12. The SMILES string of the molecule is CC(C)n1c(CO)nc2cnc(Cc3ccnc(-c4cnn(S(=O)(=O)C5CC5)c4)n3)cc21. The van der Waals surface area contributed by atoms with Crippen molar-refractivity contribution in [3.63, 3.8) is 0 Å². The molecule has 1 aliphatic carbocycles. The number of fused-ring (bicyclic) bond motifs is 1. The van der Waals surface area contributed by atoms with Crippen LogP contribution in [0.5, 0.6) is 0 Å². The predicted molar refractivity (Wildman–Crippen MR) is 117 cm³/mol. The topological polar surface area (TPSA) is 129 Å². The van der Waals surface area contributed by atoms with Gasteiger partial charge in [-0.05, 0) is 38.8 Å². The van der Waals surface area contributed by atoms with E-state index >= 15 is 0 Å². The average molecular weight is 454 g/mol. The largest absolute Gasteiger partial charge is 0.388 e. The second-order valence-electron chi connectivity index (χ2n) is 8.21. The molecule has 5 rings (SSSR count). The van der Waals surface area contributed by atoms with Crippen LogP contribution in [-0.2, 0) is 23.1 Å². The van der Waals surface area contributed by atoms with E-state index in [1.807, 2.05) is 24.5 Å². The van der Waals surface area contributed by atoms with Crippen LogP contribution in [0.2, 0.25) is 0 Å². The smallest absolute Gasteiger partial charge is 0.256 e. The molecule has 1 saturated carbocycles. The standard InChI is InChI=1S/C21H23N7O3S/c1-13(2)28-19-8-16(23-10-18(19)26-20(28)12-29)7-15-5-6-22-21(25-15)14-9-24-27(11-14)32(30,31)17-3-4-17/h5-6,8-11,13,17,29H,3-4,7,12H2,1-2H3. The molecule has 166 valence electrons. The summed E-state index contributed by atoms with van der Waals surface area (Å²) < 4.78 is 27.8. The van der Waals surface area contributed by atoms with Gasteiger partial charge in [0.2, 0.25) is 0 Å². The summed E-state index contributed by atoms with van der Waals surface area (Å²) in [7, 11) is -3.43. The van der Waals surface area contributed by atoms with Gasteiger partial charge in [-0.1, -0.05) is 0 Å². The molecule has 0 atom stereocenters. The minimum Gasteiger partial charge on any atom is -0.388 e. The molecule has 0 saturated heterocycles. The zero-order valence-corrected chi connectivity index (χ0v) is 18.6. The summed E-state index contributed by atoms with van der Waals surface area (Å²) in [4.78, 5) is 17.8. The van der Waals surface area contributed by atoms with E-state index in [4.69, 9.17) is 0 Å². The third kappa shape index (κ3) is 3.67. The van der Waals surface area contributed by atoms with Crippen molar-refractivity contribution in [2.75, 3.05) is 0 Å². The fourth-order valence-electron chi connectivity index (χ4n) is 3.77. The van der Waals surface area contributed by atoms with Crippen molar-refractivity contribution in [1.82, 2.24) is 33.7 Å². The highest BCUT2D eigenvalue weighted by atomic mass is 32.2. The first kappa shape index (κ1) is 20.7. The Hall–Kier alpha value is -3.18. The molecule has 11 heteroatoms. The van der Waals surface area contributed by atoms with Gasteiger partial charge in [-0.25, -0.2) is 23.4 Å². The predicted octanol–water partition coefficient (Wildman–Crippen LogP) is 2.09. The van der Waals surface area contributed by atoms with E-state index in [-0.39, 0.29) is 17.9 Å². The van der Waals surface area contributed by atoms with E-state index in [2.05, 4.69) is 25.0 Å². The molecule has 32 heavy (non-hydrogen) atoms. The van der Waals surface area contributed by atoms with Crippen LogP contribution >= 0.6 is 0 Å². The summed E-state index contributed by atoms with van der Waals surface area (Å²) in [6.45, 7) is 3.95. The third-order valence-electron chi connectivity index (χ3n) is 5.46. The van der Waals surface area contributed by atoms with E-state index in [1.165, 1.54) is 12.4 Å². The normalized spacial score (nSPS) is 14.5. The molecular weight excluding hydrogens is 430 g/mol. The first-order valence-electron chi connectivity index (χ1n) is 10.4. The van der Waals surface area contributed by atoms with Crippen molar-refractivity contribution in [3.05, 3.63) is 54.1 Å². The quantitative estimate of drug-likeness (QED) is 0.450. The average Bonchev–Trinajstić information content (AvgIpc) is 3.40. The summed E-state index contributed by atoms with van der Waals surface area (Å²) in [6, 6.07) is 3.91. The minimum atomic E-state index is -3.43. The van der Waals surface area contributed by atoms with Gasteiger partial charge >= 0.3 is 0 Å². The van der Waals surface area contributed by atoms with Crippen LogP contribution in [0.4, 0.5) is 0 Å². The lowest BCUT2D eigenvalue weighted by Crippen LogP contribution is -2.17. The summed E-state index contributed by atoms with van der Waals surface area (Å²) in [5.41, 5.74) is 3.75. The number of aliphatic hydroxyl groups excluding tert-OH is 1. The molecule has 1 aliphatic rings. The first-order chi connectivity index (χ1) is 15.4. The van der Waals surface area contributed by atoms with E-state index in [9.17, 15) is 13.5 Å². The Kier molecular flexibility index (Phi) is 5.01. The highest BCUT2D eigenvalue weighted by Gasteiger charge is 2.37. The molecule has 0 spiro atoms. The zero-order chi connectivity index (χ0) is 22.5. The number of aliphatic hydroxyl groups is 1. The van der Waals surface area contributed by atoms with Crippen LogP contribution in [0.25, 0.3) is 22.4 Å². The molecule has 0 bridgehead atoms. The summed E-state index contributed by atoms with van der Waals surface area (Å²) in [6.07, 6.45) is 8.11. The minimum absolute atomic E-state index is 0.137. The van der Waals surface area contributed by atoms with E-state index in [0.29, 0.717) is 36.5 Å². The van der Waals surface area contributed by atoms with Gasteiger partial charge in [0.25, 0.3) is 10.0 Å². The highest BCUT2D eigenvalue weighted by molar-refractivity contribution is 7.90. The Labute approximate surface area is 185 Å². The Morgan fingerprint density at radius 1 is 1.16 bits per heavy atom. The number of aromatic nitrogens is 7. The summed E-state index contributed by atoms with van der Waals surface area (Å²) in [5, 5.41) is 13.3. The van der Waals surface area contributed by atoms with Crippen LogP contribution in [-0.4, -0.2) is 52.5 Å². The molecule has 4 aromatic heterocycles. The molecule has 0 aromatic carbocycles. The zero-order valence-electron chi connectivity index (χ0n) is 17.7. The molecule has 1 fully saturated rings. The Balaban J connectivity index is 1.44. The van der Waals surface area contributed by atoms with Gasteiger partial charge in [-0.3, -0.25) is 4.98 Å². The second kappa shape index (κ2) is 7.75. The highest BCUT2D eigenvalue weighted by Crippen LogP contribution is 2.30. The van der Waals surface area contributed by atoms with Gasteiger partial charge < -0.3 is 9.67 Å². The van der Waals surface area contributed by atoms with E-state index in [0.717, 1.165) is 26.5 Å². The van der Waals surface area contributed by atoms with Crippen LogP contribution < -0.4 is 0 Å². The van der Waals surface area contributed by atoms with Crippen molar-refractivity contribution >= 4 is 21.1 Å². The maximum atomic E-state index is 12.4. The van der Waals surface area contributed by atoms with Gasteiger partial charge in [0.1, 0.15) is 17.9 Å². The molecular formula is C21H23N7O3S. The number of nitrogens with zero attached hydrogens (tertiary/aromatic N) is 7. The van der Waals surface area contributed by atoms with Crippen LogP contribution in [0.3, 0.4) is 0 Å². The Bertz CT molecular complexity index is 1400. The van der Waals surface area contributed by atoms with Gasteiger partial charge in [-0.15, -0.1) is 0 Å². The number of pyridine rings is 1. The Morgan fingerprint density at radius 3 is 2.69 bits per heavy atom. The van der Waals surface area contributed by atoms with Crippen LogP contribution in [0, 0.1) is 0 Å². The number of hydrogen-bond donors (Lipinski definition) is 1. The lowest BCUT2D eigenvalue weighted by atomic mass is 10.2. The maximum absolute atomic E-state index is 12.4. The van der Waals surface area contributed by atoms with Gasteiger partial charge in [0, 0.05) is 24.4 Å². The van der Waals surface area contributed by atoms with Crippen molar-refractivity contribution in [1.29, 1.82) is 0 Å². The first-order valence-corrected chi connectivity index (χ1v) is 11.9. The third-order valence-corrected chi connectivity index (χ3v) is 7.50. The molecule has 0 unspecified atom stereocenters. The molecule has 1 N–H and O–H groups in total. The maximum Gasteiger partial charge on any atom is 0.256 e. The number of imidazole rings is 1. The molecule has 0 amide bonds. The monoisotopic (exact) mass is 453 g/mol. The summed E-state index contributed by atoms with van der Waals surface area (Å²) >= 11 is 0. The van der Waals surface area contributed by atoms with E-state index in [1.54, 1.807) is 18.5 Å². The lowest BCUT2D eigenvalue weighted by molar-refractivity contribution is 0.263. The number of hydrogen-bond acceptors (Lipinski definition) is 8. The van der Waals surface area contributed by atoms with Gasteiger partial charge in [-0.2, -0.15) is 9.19 Å². The Morgan fingerprint density at radius 2 is 1.97 bits per heavy atom. The fraction of sp³-hybridized carbons (Fsp3) is 0.381. The molecule has 0 radical (unpaired) electrons. The van der Waals surface area contributed by atoms with Crippen molar-refractivity contribution in [3.8, 4) is 11.4 Å². The summed E-state index contributed by atoms with van der Waals surface area (Å²) in [5.74, 6) is 1.02. The molecule has 10 nitrogen and oxygen atoms in total. The van der Waals surface area contributed by atoms with Crippen molar-refractivity contribution in [2.45, 2.75) is 51.0 Å². The second-order valence-corrected chi connectivity index (χ2v) is 10.3.